The fraction of sp³-hybridized carbons (Fsp3) is 0.0833. The Hall–Kier alpha value is -2.28. The molecule has 0 fully saturated rings. The van der Waals surface area contributed by atoms with Crippen molar-refractivity contribution in [3.05, 3.63) is 30.3 Å². The second kappa shape index (κ2) is 3.86. The van der Waals surface area contributed by atoms with Gasteiger partial charge >= 0.3 is 6.09 Å². The van der Waals surface area contributed by atoms with Gasteiger partial charge in [-0.3, -0.25) is 10.0 Å². The highest BCUT2D eigenvalue weighted by atomic mass is 32.2. The Kier molecular flexibility index (Phi) is 2.39. The number of anilines is 2. The molecular weight excluding hydrogens is 268 g/mol. The lowest BCUT2D eigenvalue weighted by Gasteiger charge is -2.08. The highest BCUT2D eigenvalue weighted by molar-refractivity contribution is 7.93. The summed E-state index contributed by atoms with van der Waals surface area (Å²) in [5.41, 5.74) is 1.02. The van der Waals surface area contributed by atoms with E-state index in [1.54, 1.807) is 24.3 Å². The summed E-state index contributed by atoms with van der Waals surface area (Å²) >= 11 is 0. The molecule has 0 bridgehead atoms. The van der Waals surface area contributed by atoms with Crippen molar-refractivity contribution >= 4 is 38.3 Å². The lowest BCUT2D eigenvalue weighted by molar-refractivity contribution is 0.187. The van der Waals surface area contributed by atoms with E-state index in [2.05, 4.69) is 14.8 Å². The maximum absolute atomic E-state index is 11.9. The predicted molar refractivity (Wildman–Crippen MR) is 70.8 cm³/mol. The van der Waals surface area contributed by atoms with Gasteiger partial charge in [0.15, 0.2) is 0 Å². The van der Waals surface area contributed by atoms with Gasteiger partial charge in [-0.2, -0.15) is 0 Å². The van der Waals surface area contributed by atoms with Crippen LogP contribution in [0, 0.1) is 0 Å². The molecule has 2 N–H and O–H groups in total. The molecule has 0 saturated heterocycles. The molecule has 0 saturated carbocycles. The number of rotatable bonds is 1. The number of carbonyl (C=O) groups excluding carboxylic acids is 1. The molecule has 1 amide bonds. The standard InChI is InChI=1S/C12H10N2O4S/c1-18-12(15)13-8-5-6-9-11-7(8)3-2-4-10(11)19(16,17)14-9/h2-6,14H,1H3,(H,13,15). The first-order valence-corrected chi connectivity index (χ1v) is 6.95. The SMILES string of the molecule is COC(=O)Nc1ccc2c3c(cccc13)S(=O)(=O)N2. The molecule has 2 aromatic rings. The van der Waals surface area contributed by atoms with Crippen LogP contribution >= 0.6 is 0 Å². The summed E-state index contributed by atoms with van der Waals surface area (Å²) in [6.45, 7) is 0. The van der Waals surface area contributed by atoms with Gasteiger partial charge in [-0.15, -0.1) is 0 Å². The Bertz CT molecular complexity index is 799. The molecule has 0 aliphatic carbocycles. The van der Waals surface area contributed by atoms with Crippen LogP contribution in [0.5, 0.6) is 0 Å². The van der Waals surface area contributed by atoms with Gasteiger partial charge in [-0.1, -0.05) is 12.1 Å². The minimum atomic E-state index is -3.50. The van der Waals surface area contributed by atoms with E-state index in [1.165, 1.54) is 13.2 Å². The second-order valence-corrected chi connectivity index (χ2v) is 5.71. The Morgan fingerprint density at radius 3 is 2.79 bits per heavy atom. The third-order valence-electron chi connectivity index (χ3n) is 2.96. The van der Waals surface area contributed by atoms with Crippen molar-refractivity contribution in [3.8, 4) is 0 Å². The van der Waals surface area contributed by atoms with Crippen LogP contribution in [0.25, 0.3) is 10.8 Å². The monoisotopic (exact) mass is 278 g/mol. The summed E-state index contributed by atoms with van der Waals surface area (Å²) in [5.74, 6) is 0. The van der Waals surface area contributed by atoms with Crippen molar-refractivity contribution in [1.29, 1.82) is 0 Å². The summed E-state index contributed by atoms with van der Waals surface area (Å²) in [6, 6.07) is 8.15. The molecule has 2 aromatic carbocycles. The first-order valence-electron chi connectivity index (χ1n) is 5.46. The number of methoxy groups -OCH3 is 1. The van der Waals surface area contributed by atoms with Gasteiger partial charge in [-0.05, 0) is 18.2 Å². The first-order chi connectivity index (χ1) is 9.03. The van der Waals surface area contributed by atoms with E-state index in [1.807, 2.05) is 0 Å². The number of nitrogens with one attached hydrogen (secondary N) is 2. The number of benzene rings is 2. The third-order valence-corrected chi connectivity index (χ3v) is 4.37. The molecule has 19 heavy (non-hydrogen) atoms. The molecule has 0 spiro atoms. The van der Waals surface area contributed by atoms with Gasteiger partial charge < -0.3 is 4.74 Å². The Morgan fingerprint density at radius 2 is 2.05 bits per heavy atom. The van der Waals surface area contributed by atoms with Crippen molar-refractivity contribution in [1.82, 2.24) is 0 Å². The molecule has 6 nitrogen and oxygen atoms in total. The van der Waals surface area contributed by atoms with E-state index < -0.39 is 16.1 Å². The summed E-state index contributed by atoms with van der Waals surface area (Å²) < 4.78 is 30.8. The van der Waals surface area contributed by atoms with Crippen LogP contribution in [-0.2, 0) is 14.8 Å². The van der Waals surface area contributed by atoms with Gasteiger partial charge in [0.1, 0.15) is 0 Å². The maximum Gasteiger partial charge on any atom is 0.411 e. The largest absolute Gasteiger partial charge is 0.453 e. The van der Waals surface area contributed by atoms with Gasteiger partial charge in [-0.25, -0.2) is 13.2 Å². The Labute approximate surface area is 109 Å². The molecular formula is C12H10N2O4S. The summed E-state index contributed by atoms with van der Waals surface area (Å²) in [7, 11) is -2.24. The van der Waals surface area contributed by atoms with Crippen molar-refractivity contribution in [2.45, 2.75) is 4.90 Å². The number of carbonyl (C=O) groups is 1. The second-order valence-electron chi connectivity index (χ2n) is 4.06. The summed E-state index contributed by atoms with van der Waals surface area (Å²) in [6.07, 6.45) is -0.602. The molecule has 0 unspecified atom stereocenters. The highest BCUT2D eigenvalue weighted by Crippen LogP contribution is 2.40. The Balaban J connectivity index is 2.28. The zero-order valence-electron chi connectivity index (χ0n) is 9.93. The number of hydrogen-bond donors (Lipinski definition) is 2. The lowest BCUT2D eigenvalue weighted by atomic mass is 10.1. The maximum atomic E-state index is 11.9. The fourth-order valence-electron chi connectivity index (χ4n) is 2.15. The van der Waals surface area contributed by atoms with Crippen molar-refractivity contribution < 1.29 is 17.9 Å². The normalized spacial score (nSPS) is 15.0. The molecule has 1 heterocycles. The minimum Gasteiger partial charge on any atom is -0.453 e. The van der Waals surface area contributed by atoms with Crippen LogP contribution in [0.2, 0.25) is 0 Å². The van der Waals surface area contributed by atoms with Crippen molar-refractivity contribution in [2.24, 2.45) is 0 Å². The lowest BCUT2D eigenvalue weighted by Crippen LogP contribution is -2.11. The molecule has 0 aromatic heterocycles. The Morgan fingerprint density at radius 1 is 1.26 bits per heavy atom. The molecule has 3 rings (SSSR count). The zero-order chi connectivity index (χ0) is 13.6. The van der Waals surface area contributed by atoms with Crippen molar-refractivity contribution in [2.75, 3.05) is 17.1 Å². The quantitative estimate of drug-likeness (QED) is 0.837. The fourth-order valence-corrected chi connectivity index (χ4v) is 3.47. The highest BCUT2D eigenvalue weighted by Gasteiger charge is 2.27. The van der Waals surface area contributed by atoms with Crippen LogP contribution in [0.3, 0.4) is 0 Å². The van der Waals surface area contributed by atoms with E-state index >= 15 is 0 Å². The van der Waals surface area contributed by atoms with Crippen LogP contribution in [0.4, 0.5) is 16.2 Å². The average molecular weight is 278 g/mol. The zero-order valence-corrected chi connectivity index (χ0v) is 10.7. The number of hydrogen-bond acceptors (Lipinski definition) is 4. The molecule has 1 aliphatic heterocycles. The summed E-state index contributed by atoms with van der Waals surface area (Å²) in [5, 5.41) is 3.79. The van der Waals surface area contributed by atoms with E-state index in [4.69, 9.17) is 0 Å². The van der Waals surface area contributed by atoms with Crippen LogP contribution in [0.15, 0.2) is 35.2 Å². The number of ether oxygens (including phenoxy) is 1. The molecule has 1 aliphatic rings. The molecule has 7 heteroatoms. The van der Waals surface area contributed by atoms with Gasteiger partial charge in [0, 0.05) is 10.8 Å². The van der Waals surface area contributed by atoms with Crippen LogP contribution in [0.1, 0.15) is 0 Å². The first kappa shape index (κ1) is 11.8. The number of sulfonamides is 1. The smallest absolute Gasteiger partial charge is 0.411 e. The number of amides is 1. The van der Waals surface area contributed by atoms with E-state index in [0.29, 0.717) is 22.1 Å². The predicted octanol–water partition coefficient (Wildman–Crippen LogP) is 2.13. The topological polar surface area (TPSA) is 84.5 Å². The van der Waals surface area contributed by atoms with E-state index in [9.17, 15) is 13.2 Å². The van der Waals surface area contributed by atoms with Crippen LogP contribution < -0.4 is 10.0 Å². The van der Waals surface area contributed by atoms with E-state index in [0.717, 1.165) is 0 Å². The third kappa shape index (κ3) is 1.70. The van der Waals surface area contributed by atoms with Crippen LogP contribution in [-0.4, -0.2) is 21.6 Å². The van der Waals surface area contributed by atoms with Gasteiger partial charge in [0.25, 0.3) is 10.0 Å². The van der Waals surface area contributed by atoms with E-state index in [-0.39, 0.29) is 4.90 Å². The molecule has 0 atom stereocenters. The molecule has 98 valence electrons. The molecule has 0 radical (unpaired) electrons. The van der Waals surface area contributed by atoms with Gasteiger partial charge in [0.05, 0.1) is 23.4 Å². The van der Waals surface area contributed by atoms with Gasteiger partial charge in [0.2, 0.25) is 0 Å². The van der Waals surface area contributed by atoms with Crippen molar-refractivity contribution in [3.63, 3.8) is 0 Å². The minimum absolute atomic E-state index is 0.216. The average Bonchev–Trinajstić information content (AvgIpc) is 2.66. The summed E-state index contributed by atoms with van der Waals surface area (Å²) in [4.78, 5) is 11.5.